The van der Waals surface area contributed by atoms with Crippen molar-refractivity contribution in [2.45, 2.75) is 26.4 Å². The number of nitrogens with zero attached hydrogens (tertiary/aromatic N) is 2. The average Bonchev–Trinajstić information content (AvgIpc) is 2.70. The van der Waals surface area contributed by atoms with Gasteiger partial charge in [0.05, 0.1) is 18.2 Å². The summed E-state index contributed by atoms with van der Waals surface area (Å²) < 4.78 is 5.06. The molecule has 104 valence electrons. The van der Waals surface area contributed by atoms with Crippen molar-refractivity contribution in [2.24, 2.45) is 4.99 Å². The highest BCUT2D eigenvalue weighted by atomic mass is 127. The van der Waals surface area contributed by atoms with Crippen molar-refractivity contribution < 1.29 is 4.74 Å². The number of methoxy groups -OCH3 is 1. The monoisotopic (exact) mass is 384 g/mol. The van der Waals surface area contributed by atoms with Gasteiger partial charge in [0.25, 0.3) is 0 Å². The number of rotatable bonds is 5. The van der Waals surface area contributed by atoms with Crippen LogP contribution in [0.5, 0.6) is 0 Å². The number of guanidine groups is 1. The van der Waals surface area contributed by atoms with E-state index in [1.54, 1.807) is 25.5 Å². The SMILES string of the molecule is CN=C(NCc1cnc(C)s1)NC(C)COC.I. The molecule has 0 spiro atoms. The number of aryl methyl sites for hydroxylation is 1. The lowest BCUT2D eigenvalue weighted by Gasteiger charge is -2.16. The second-order valence-electron chi connectivity index (χ2n) is 3.77. The number of thiazole rings is 1. The summed E-state index contributed by atoms with van der Waals surface area (Å²) in [4.78, 5) is 9.56. The minimum absolute atomic E-state index is 0. The van der Waals surface area contributed by atoms with Crippen LogP contribution in [0.1, 0.15) is 16.8 Å². The second-order valence-corrected chi connectivity index (χ2v) is 5.09. The Labute approximate surface area is 129 Å². The van der Waals surface area contributed by atoms with Gasteiger partial charge in [0.15, 0.2) is 5.96 Å². The Bertz CT molecular complexity index is 370. The largest absolute Gasteiger partial charge is 0.383 e. The van der Waals surface area contributed by atoms with Crippen molar-refractivity contribution >= 4 is 41.3 Å². The van der Waals surface area contributed by atoms with Crippen LogP contribution in [-0.2, 0) is 11.3 Å². The van der Waals surface area contributed by atoms with Gasteiger partial charge < -0.3 is 15.4 Å². The van der Waals surface area contributed by atoms with E-state index in [-0.39, 0.29) is 30.0 Å². The molecule has 0 aliphatic heterocycles. The quantitative estimate of drug-likeness (QED) is 0.462. The molecule has 1 rings (SSSR count). The highest BCUT2D eigenvalue weighted by Gasteiger charge is 2.05. The number of halogens is 1. The second kappa shape index (κ2) is 9.51. The van der Waals surface area contributed by atoms with Crippen molar-refractivity contribution in [3.63, 3.8) is 0 Å². The zero-order chi connectivity index (χ0) is 12.7. The van der Waals surface area contributed by atoms with E-state index in [1.807, 2.05) is 20.0 Å². The summed E-state index contributed by atoms with van der Waals surface area (Å²) in [5, 5.41) is 7.57. The van der Waals surface area contributed by atoms with Crippen LogP contribution in [0.15, 0.2) is 11.2 Å². The van der Waals surface area contributed by atoms with Gasteiger partial charge in [0, 0.05) is 31.3 Å². The molecule has 1 atom stereocenters. The molecule has 1 aromatic rings. The van der Waals surface area contributed by atoms with Crippen molar-refractivity contribution in [1.29, 1.82) is 0 Å². The molecule has 0 aliphatic carbocycles. The van der Waals surface area contributed by atoms with Gasteiger partial charge in [-0.05, 0) is 13.8 Å². The molecule has 0 amide bonds. The van der Waals surface area contributed by atoms with Gasteiger partial charge in [-0.15, -0.1) is 35.3 Å². The third-order valence-electron chi connectivity index (χ3n) is 2.12. The van der Waals surface area contributed by atoms with E-state index in [0.717, 1.165) is 17.5 Å². The highest BCUT2D eigenvalue weighted by molar-refractivity contribution is 14.0. The predicted molar refractivity (Wildman–Crippen MR) is 86.9 cm³/mol. The van der Waals surface area contributed by atoms with E-state index < -0.39 is 0 Å². The summed E-state index contributed by atoms with van der Waals surface area (Å²) in [5.74, 6) is 0.778. The van der Waals surface area contributed by atoms with Crippen LogP contribution in [0.3, 0.4) is 0 Å². The lowest BCUT2D eigenvalue weighted by molar-refractivity contribution is 0.179. The molecule has 18 heavy (non-hydrogen) atoms. The van der Waals surface area contributed by atoms with Crippen LogP contribution in [-0.4, -0.2) is 37.7 Å². The van der Waals surface area contributed by atoms with E-state index in [2.05, 4.69) is 20.6 Å². The maximum Gasteiger partial charge on any atom is 0.191 e. The fraction of sp³-hybridized carbons (Fsp3) is 0.636. The number of aliphatic imine (C=N–C) groups is 1. The van der Waals surface area contributed by atoms with Gasteiger partial charge in [-0.1, -0.05) is 0 Å². The van der Waals surface area contributed by atoms with Gasteiger partial charge >= 0.3 is 0 Å². The van der Waals surface area contributed by atoms with Gasteiger partial charge in [-0.3, -0.25) is 4.99 Å². The normalized spacial score (nSPS) is 12.8. The molecule has 0 fully saturated rings. The Kier molecular flexibility index (Phi) is 9.29. The number of hydrogen-bond acceptors (Lipinski definition) is 4. The highest BCUT2D eigenvalue weighted by Crippen LogP contribution is 2.10. The van der Waals surface area contributed by atoms with Crippen LogP contribution in [0, 0.1) is 6.92 Å². The minimum Gasteiger partial charge on any atom is -0.383 e. The molecule has 0 saturated carbocycles. The first-order valence-corrected chi connectivity index (χ1v) is 6.34. The van der Waals surface area contributed by atoms with Crippen molar-refractivity contribution in [3.8, 4) is 0 Å². The molecular formula is C11H21IN4OS. The maximum absolute atomic E-state index is 5.06. The third-order valence-corrected chi connectivity index (χ3v) is 3.04. The standard InChI is InChI=1S/C11H20N4OS.HI/c1-8(7-16-4)15-11(12-3)14-6-10-5-13-9(2)17-10;/h5,8H,6-7H2,1-4H3,(H2,12,14,15);1H. The molecule has 0 saturated heterocycles. The van der Waals surface area contributed by atoms with E-state index in [1.165, 1.54) is 4.88 Å². The molecule has 0 radical (unpaired) electrons. The predicted octanol–water partition coefficient (Wildman–Crippen LogP) is 1.77. The zero-order valence-corrected chi connectivity index (χ0v) is 14.3. The van der Waals surface area contributed by atoms with Crippen molar-refractivity contribution in [3.05, 3.63) is 16.1 Å². The third kappa shape index (κ3) is 6.50. The first-order valence-electron chi connectivity index (χ1n) is 5.53. The van der Waals surface area contributed by atoms with Crippen LogP contribution in [0.2, 0.25) is 0 Å². The Morgan fingerprint density at radius 2 is 2.33 bits per heavy atom. The Balaban J connectivity index is 0.00000289. The Hall–Kier alpha value is -0.410. The van der Waals surface area contributed by atoms with E-state index in [4.69, 9.17) is 4.74 Å². The summed E-state index contributed by atoms with van der Waals surface area (Å²) >= 11 is 1.69. The average molecular weight is 384 g/mol. The summed E-state index contributed by atoms with van der Waals surface area (Å²) in [6, 6.07) is 0.231. The van der Waals surface area contributed by atoms with E-state index in [0.29, 0.717) is 6.61 Å². The fourth-order valence-corrected chi connectivity index (χ4v) is 2.11. The summed E-state index contributed by atoms with van der Waals surface area (Å²) in [6.45, 7) is 5.44. The number of hydrogen-bond donors (Lipinski definition) is 2. The number of ether oxygens (including phenoxy) is 1. The van der Waals surface area contributed by atoms with Gasteiger partial charge in [-0.25, -0.2) is 4.98 Å². The van der Waals surface area contributed by atoms with Crippen LogP contribution in [0.25, 0.3) is 0 Å². The molecule has 0 aliphatic rings. The molecule has 0 bridgehead atoms. The smallest absolute Gasteiger partial charge is 0.191 e. The zero-order valence-electron chi connectivity index (χ0n) is 11.2. The van der Waals surface area contributed by atoms with Crippen molar-refractivity contribution in [2.75, 3.05) is 20.8 Å². The summed E-state index contributed by atoms with van der Waals surface area (Å²) in [5.41, 5.74) is 0. The first kappa shape index (κ1) is 17.6. The van der Waals surface area contributed by atoms with Crippen LogP contribution in [0.4, 0.5) is 0 Å². The molecule has 1 heterocycles. The summed E-state index contributed by atoms with van der Waals surface area (Å²) in [7, 11) is 3.45. The molecular weight excluding hydrogens is 363 g/mol. The van der Waals surface area contributed by atoms with Crippen molar-refractivity contribution in [1.82, 2.24) is 15.6 Å². The Morgan fingerprint density at radius 1 is 1.61 bits per heavy atom. The lowest BCUT2D eigenvalue weighted by Crippen LogP contribution is -2.43. The van der Waals surface area contributed by atoms with Crippen LogP contribution < -0.4 is 10.6 Å². The molecule has 2 N–H and O–H groups in total. The van der Waals surface area contributed by atoms with Gasteiger partial charge in [-0.2, -0.15) is 0 Å². The maximum atomic E-state index is 5.06. The van der Waals surface area contributed by atoms with Gasteiger partial charge in [0.2, 0.25) is 0 Å². The Morgan fingerprint density at radius 3 is 2.83 bits per heavy atom. The summed E-state index contributed by atoms with van der Waals surface area (Å²) in [6.07, 6.45) is 1.89. The van der Waals surface area contributed by atoms with Crippen LogP contribution >= 0.6 is 35.3 Å². The molecule has 0 aromatic carbocycles. The number of aromatic nitrogens is 1. The van der Waals surface area contributed by atoms with E-state index >= 15 is 0 Å². The fourth-order valence-electron chi connectivity index (χ4n) is 1.38. The minimum atomic E-state index is 0. The molecule has 1 aromatic heterocycles. The molecule has 7 heteroatoms. The van der Waals surface area contributed by atoms with Gasteiger partial charge in [0.1, 0.15) is 0 Å². The number of nitrogens with one attached hydrogen (secondary N) is 2. The lowest BCUT2D eigenvalue weighted by atomic mass is 10.4. The molecule has 1 unspecified atom stereocenters. The van der Waals surface area contributed by atoms with E-state index in [9.17, 15) is 0 Å². The first-order chi connectivity index (χ1) is 8.15. The topological polar surface area (TPSA) is 58.5 Å². The molecule has 5 nitrogen and oxygen atoms in total.